The van der Waals surface area contributed by atoms with E-state index in [4.69, 9.17) is 11.6 Å². The van der Waals surface area contributed by atoms with Gasteiger partial charge in [0.25, 0.3) is 5.91 Å². The Hall–Kier alpha value is -2.24. The molecule has 3 rings (SSSR count). The number of carbonyl (C=O) groups excluding carboxylic acids is 1. The number of hydrogen-bond donors (Lipinski definition) is 1. The van der Waals surface area contributed by atoms with Gasteiger partial charge in [0.15, 0.2) is 0 Å². The first-order valence-electron chi connectivity index (χ1n) is 6.57. The van der Waals surface area contributed by atoms with Crippen LogP contribution in [0.15, 0.2) is 46.9 Å². The van der Waals surface area contributed by atoms with Gasteiger partial charge in [-0.2, -0.15) is 5.10 Å². The predicted molar refractivity (Wildman–Crippen MR) is 90.9 cm³/mol. The van der Waals surface area contributed by atoms with Crippen LogP contribution in [0.4, 0.5) is 0 Å². The SMILES string of the molecule is Cc1ccc2cc(C=NNC(=O)c3cccs3)c(Cl)nc2c1. The average molecular weight is 330 g/mol. The maximum Gasteiger partial charge on any atom is 0.281 e. The first-order valence-corrected chi connectivity index (χ1v) is 7.83. The van der Waals surface area contributed by atoms with Crippen molar-refractivity contribution in [2.24, 2.45) is 5.10 Å². The van der Waals surface area contributed by atoms with Crippen LogP contribution in [-0.2, 0) is 0 Å². The summed E-state index contributed by atoms with van der Waals surface area (Å²) in [6, 6.07) is 11.4. The molecule has 1 N–H and O–H groups in total. The van der Waals surface area contributed by atoms with Crippen LogP contribution in [0.5, 0.6) is 0 Å². The molecule has 0 spiro atoms. The summed E-state index contributed by atoms with van der Waals surface area (Å²) in [5.74, 6) is -0.244. The van der Waals surface area contributed by atoms with E-state index in [1.54, 1.807) is 6.07 Å². The number of halogens is 1. The predicted octanol–water partition coefficient (Wildman–Crippen LogP) is 4.02. The number of hydrogen-bond acceptors (Lipinski definition) is 4. The fourth-order valence-electron chi connectivity index (χ4n) is 1.98. The summed E-state index contributed by atoms with van der Waals surface area (Å²) in [5.41, 5.74) is 5.09. The highest BCUT2D eigenvalue weighted by Crippen LogP contribution is 2.20. The molecule has 4 nitrogen and oxygen atoms in total. The van der Waals surface area contributed by atoms with E-state index < -0.39 is 0 Å². The Morgan fingerprint density at radius 1 is 1.36 bits per heavy atom. The molecule has 0 atom stereocenters. The van der Waals surface area contributed by atoms with Crippen molar-refractivity contribution in [2.45, 2.75) is 6.92 Å². The van der Waals surface area contributed by atoms with Crippen molar-refractivity contribution >= 4 is 46.0 Å². The standard InChI is InChI=1S/C16H12ClN3OS/c1-10-4-5-11-8-12(15(17)19-13(11)7-10)9-18-20-16(21)14-3-2-6-22-14/h2-9H,1H3,(H,20,21). The molecule has 1 aromatic carbocycles. The number of carbonyl (C=O) groups is 1. The van der Waals surface area contributed by atoms with Crippen LogP contribution >= 0.6 is 22.9 Å². The van der Waals surface area contributed by atoms with E-state index in [1.165, 1.54) is 17.6 Å². The lowest BCUT2D eigenvalue weighted by atomic mass is 10.1. The first kappa shape index (κ1) is 14.7. The molecule has 0 radical (unpaired) electrons. The van der Waals surface area contributed by atoms with Crippen molar-refractivity contribution in [3.63, 3.8) is 0 Å². The first-order chi connectivity index (χ1) is 10.6. The van der Waals surface area contributed by atoms with Crippen molar-refractivity contribution in [1.82, 2.24) is 10.4 Å². The molecule has 0 saturated heterocycles. The minimum Gasteiger partial charge on any atom is -0.266 e. The van der Waals surface area contributed by atoms with E-state index in [1.807, 2.05) is 42.6 Å². The molecule has 0 aliphatic heterocycles. The van der Waals surface area contributed by atoms with Gasteiger partial charge in [0.2, 0.25) is 0 Å². The summed E-state index contributed by atoms with van der Waals surface area (Å²) >= 11 is 7.52. The van der Waals surface area contributed by atoms with Gasteiger partial charge in [-0.3, -0.25) is 4.79 Å². The second-order valence-electron chi connectivity index (χ2n) is 4.74. The van der Waals surface area contributed by atoms with Crippen LogP contribution in [-0.4, -0.2) is 17.1 Å². The van der Waals surface area contributed by atoms with Crippen molar-refractivity contribution in [1.29, 1.82) is 0 Å². The van der Waals surface area contributed by atoms with Gasteiger partial charge in [-0.15, -0.1) is 11.3 Å². The minimum atomic E-state index is -0.244. The van der Waals surface area contributed by atoms with Gasteiger partial charge in [-0.05, 0) is 36.1 Å². The van der Waals surface area contributed by atoms with Gasteiger partial charge in [0, 0.05) is 10.9 Å². The number of thiophene rings is 1. The van der Waals surface area contributed by atoms with E-state index >= 15 is 0 Å². The second kappa shape index (κ2) is 6.25. The fourth-order valence-corrected chi connectivity index (χ4v) is 2.79. The quantitative estimate of drug-likeness (QED) is 0.448. The molecule has 22 heavy (non-hydrogen) atoms. The molecule has 6 heteroatoms. The lowest BCUT2D eigenvalue weighted by Crippen LogP contribution is -2.16. The Kier molecular flexibility index (Phi) is 4.18. The Morgan fingerprint density at radius 3 is 3.00 bits per heavy atom. The number of nitrogens with zero attached hydrogens (tertiary/aromatic N) is 2. The van der Waals surface area contributed by atoms with E-state index in [2.05, 4.69) is 15.5 Å². The zero-order valence-electron chi connectivity index (χ0n) is 11.7. The molecule has 0 fully saturated rings. The summed E-state index contributed by atoms with van der Waals surface area (Å²) in [4.78, 5) is 16.7. The number of aryl methyl sites for hydroxylation is 1. The fraction of sp³-hybridized carbons (Fsp3) is 0.0625. The second-order valence-corrected chi connectivity index (χ2v) is 6.05. The number of aromatic nitrogens is 1. The number of benzene rings is 1. The molecule has 0 aliphatic carbocycles. The van der Waals surface area contributed by atoms with Crippen molar-refractivity contribution < 1.29 is 4.79 Å². The van der Waals surface area contributed by atoms with Gasteiger partial charge >= 0.3 is 0 Å². The number of rotatable bonds is 3. The number of amides is 1. The summed E-state index contributed by atoms with van der Waals surface area (Å²) in [7, 11) is 0. The molecule has 0 unspecified atom stereocenters. The third-order valence-corrected chi connectivity index (χ3v) is 4.24. The van der Waals surface area contributed by atoms with Gasteiger partial charge in [-0.1, -0.05) is 29.8 Å². The summed E-state index contributed by atoms with van der Waals surface area (Å²) < 4.78 is 0. The number of hydrazone groups is 1. The topological polar surface area (TPSA) is 54.4 Å². The van der Waals surface area contributed by atoms with Gasteiger partial charge < -0.3 is 0 Å². The maximum atomic E-state index is 11.8. The molecule has 110 valence electrons. The van der Waals surface area contributed by atoms with Crippen LogP contribution in [0.1, 0.15) is 20.8 Å². The lowest BCUT2D eigenvalue weighted by Gasteiger charge is -2.03. The monoisotopic (exact) mass is 329 g/mol. The van der Waals surface area contributed by atoms with Crippen LogP contribution in [0.2, 0.25) is 5.15 Å². The zero-order valence-corrected chi connectivity index (χ0v) is 13.3. The van der Waals surface area contributed by atoms with E-state index in [0.29, 0.717) is 15.6 Å². The molecule has 2 aromatic heterocycles. The van der Waals surface area contributed by atoms with E-state index in [9.17, 15) is 4.79 Å². The summed E-state index contributed by atoms with van der Waals surface area (Å²) in [5, 5.41) is 7.11. The van der Waals surface area contributed by atoms with Gasteiger partial charge in [0.05, 0.1) is 16.6 Å². The Balaban J connectivity index is 1.81. The largest absolute Gasteiger partial charge is 0.281 e. The maximum absolute atomic E-state index is 11.8. The molecule has 0 aliphatic rings. The van der Waals surface area contributed by atoms with Crippen molar-refractivity contribution in [3.8, 4) is 0 Å². The molecule has 2 heterocycles. The molecule has 0 saturated carbocycles. The van der Waals surface area contributed by atoms with Crippen LogP contribution < -0.4 is 5.43 Å². The smallest absolute Gasteiger partial charge is 0.266 e. The van der Waals surface area contributed by atoms with Crippen LogP contribution in [0, 0.1) is 6.92 Å². The number of fused-ring (bicyclic) bond motifs is 1. The number of nitrogens with one attached hydrogen (secondary N) is 1. The van der Waals surface area contributed by atoms with E-state index in [-0.39, 0.29) is 5.91 Å². The Labute approximate surface area is 136 Å². The average Bonchev–Trinajstić information content (AvgIpc) is 3.02. The number of pyridine rings is 1. The highest BCUT2D eigenvalue weighted by Gasteiger charge is 2.06. The van der Waals surface area contributed by atoms with Gasteiger partial charge in [0.1, 0.15) is 5.15 Å². The van der Waals surface area contributed by atoms with Crippen molar-refractivity contribution in [2.75, 3.05) is 0 Å². The lowest BCUT2D eigenvalue weighted by molar-refractivity contribution is 0.0959. The molecular formula is C16H12ClN3OS. The minimum absolute atomic E-state index is 0.244. The Morgan fingerprint density at radius 2 is 2.23 bits per heavy atom. The van der Waals surface area contributed by atoms with Crippen LogP contribution in [0.3, 0.4) is 0 Å². The molecule has 1 amide bonds. The molecule has 3 aromatic rings. The third kappa shape index (κ3) is 3.16. The van der Waals surface area contributed by atoms with Gasteiger partial charge in [-0.25, -0.2) is 10.4 Å². The van der Waals surface area contributed by atoms with E-state index in [0.717, 1.165) is 16.5 Å². The zero-order chi connectivity index (χ0) is 15.5. The van der Waals surface area contributed by atoms with Crippen LogP contribution in [0.25, 0.3) is 10.9 Å². The Bertz CT molecular complexity index is 859. The highest BCUT2D eigenvalue weighted by molar-refractivity contribution is 7.12. The molecular weight excluding hydrogens is 318 g/mol. The molecule has 0 bridgehead atoms. The van der Waals surface area contributed by atoms with Crippen molar-refractivity contribution in [3.05, 3.63) is 62.9 Å². The summed E-state index contributed by atoms with van der Waals surface area (Å²) in [6.07, 6.45) is 1.50. The normalized spacial score (nSPS) is 11.2. The third-order valence-electron chi connectivity index (χ3n) is 3.07. The highest BCUT2D eigenvalue weighted by atomic mass is 35.5. The summed E-state index contributed by atoms with van der Waals surface area (Å²) in [6.45, 7) is 2.00.